The summed E-state index contributed by atoms with van der Waals surface area (Å²) in [6.45, 7) is 11.9. The number of aryl methyl sites for hydroxylation is 4. The number of benzene rings is 1. The summed E-state index contributed by atoms with van der Waals surface area (Å²) in [6, 6.07) is 5.82. The number of aromatic nitrogens is 2. The monoisotopic (exact) mass is 415 g/mol. The van der Waals surface area contributed by atoms with Crippen LogP contribution in [-0.2, 0) is 4.79 Å². The zero-order valence-electron chi connectivity index (χ0n) is 17.0. The van der Waals surface area contributed by atoms with Gasteiger partial charge < -0.3 is 5.32 Å². The average Bonchev–Trinajstić information content (AvgIpc) is 2.90. The van der Waals surface area contributed by atoms with Crippen molar-refractivity contribution in [3.8, 4) is 0 Å². The van der Waals surface area contributed by atoms with Gasteiger partial charge in [-0.05, 0) is 70.4 Å². The standard InChI is InChI=1S/C21H25N3O2S2/c1-11(2)24-20(26)18-14(5)15(6)28-19(18)23-21(24)27-10-17(25)22-16-8-7-12(3)13(4)9-16/h7-9,11H,10H2,1-6H3,(H,22,25). The maximum absolute atomic E-state index is 13.0. The largest absolute Gasteiger partial charge is 0.325 e. The van der Waals surface area contributed by atoms with E-state index < -0.39 is 0 Å². The number of hydrogen-bond donors (Lipinski definition) is 1. The molecule has 2 aromatic heterocycles. The van der Waals surface area contributed by atoms with Gasteiger partial charge in [0.25, 0.3) is 5.56 Å². The van der Waals surface area contributed by atoms with Gasteiger partial charge in [-0.25, -0.2) is 4.98 Å². The lowest BCUT2D eigenvalue weighted by Crippen LogP contribution is -2.25. The summed E-state index contributed by atoms with van der Waals surface area (Å²) in [4.78, 5) is 32.0. The third-order valence-corrected chi connectivity index (χ3v) is 6.90. The lowest BCUT2D eigenvalue weighted by molar-refractivity contribution is -0.113. The summed E-state index contributed by atoms with van der Waals surface area (Å²) >= 11 is 2.83. The zero-order valence-corrected chi connectivity index (χ0v) is 18.7. The third kappa shape index (κ3) is 4.00. The molecule has 0 atom stereocenters. The van der Waals surface area contributed by atoms with E-state index in [4.69, 9.17) is 4.98 Å². The maximum Gasteiger partial charge on any atom is 0.263 e. The van der Waals surface area contributed by atoms with Gasteiger partial charge in [0.2, 0.25) is 5.91 Å². The Labute approximate surface area is 173 Å². The Morgan fingerprint density at radius 1 is 1.21 bits per heavy atom. The van der Waals surface area contributed by atoms with E-state index in [-0.39, 0.29) is 23.3 Å². The van der Waals surface area contributed by atoms with Crippen molar-refractivity contribution in [2.45, 2.75) is 52.7 Å². The molecule has 1 aromatic carbocycles. The Morgan fingerprint density at radius 3 is 2.57 bits per heavy atom. The number of thiophene rings is 1. The van der Waals surface area contributed by atoms with Crippen LogP contribution in [0.25, 0.3) is 10.2 Å². The van der Waals surface area contributed by atoms with Gasteiger partial charge in [0.05, 0.1) is 11.1 Å². The first-order valence-electron chi connectivity index (χ1n) is 9.21. The highest BCUT2D eigenvalue weighted by Crippen LogP contribution is 2.29. The Hall–Kier alpha value is -2.12. The molecule has 3 aromatic rings. The lowest BCUT2D eigenvalue weighted by atomic mass is 10.1. The van der Waals surface area contributed by atoms with Crippen molar-refractivity contribution in [3.05, 3.63) is 50.1 Å². The van der Waals surface area contributed by atoms with Crippen molar-refractivity contribution in [1.82, 2.24) is 9.55 Å². The molecule has 0 radical (unpaired) electrons. The summed E-state index contributed by atoms with van der Waals surface area (Å²) in [6.07, 6.45) is 0. The van der Waals surface area contributed by atoms with E-state index in [1.54, 1.807) is 4.57 Å². The Bertz CT molecular complexity index is 1110. The van der Waals surface area contributed by atoms with Gasteiger partial charge in [-0.1, -0.05) is 17.8 Å². The number of nitrogens with one attached hydrogen (secondary N) is 1. The summed E-state index contributed by atoms with van der Waals surface area (Å²) in [5, 5.41) is 4.20. The predicted molar refractivity (Wildman–Crippen MR) is 119 cm³/mol. The minimum atomic E-state index is -0.114. The van der Waals surface area contributed by atoms with E-state index in [0.717, 1.165) is 26.5 Å². The molecule has 0 aliphatic rings. The van der Waals surface area contributed by atoms with E-state index in [1.165, 1.54) is 28.7 Å². The Morgan fingerprint density at radius 2 is 1.93 bits per heavy atom. The van der Waals surface area contributed by atoms with Crippen molar-refractivity contribution in [2.24, 2.45) is 0 Å². The zero-order chi connectivity index (χ0) is 20.6. The lowest BCUT2D eigenvalue weighted by Gasteiger charge is -2.15. The first-order valence-corrected chi connectivity index (χ1v) is 11.0. The minimum absolute atomic E-state index is 0.0288. The fraction of sp³-hybridized carbons (Fsp3) is 0.381. The highest BCUT2D eigenvalue weighted by molar-refractivity contribution is 7.99. The molecule has 0 aliphatic heterocycles. The first-order chi connectivity index (χ1) is 13.2. The fourth-order valence-corrected chi connectivity index (χ4v) is 4.99. The van der Waals surface area contributed by atoms with Crippen molar-refractivity contribution < 1.29 is 4.79 Å². The molecule has 5 nitrogen and oxygen atoms in total. The molecule has 148 valence electrons. The molecular formula is C21H25N3O2S2. The minimum Gasteiger partial charge on any atom is -0.325 e. The van der Waals surface area contributed by atoms with Gasteiger partial charge in [-0.3, -0.25) is 14.2 Å². The van der Waals surface area contributed by atoms with E-state index in [1.807, 2.05) is 59.7 Å². The van der Waals surface area contributed by atoms with Crippen LogP contribution in [0.3, 0.4) is 0 Å². The average molecular weight is 416 g/mol. The van der Waals surface area contributed by atoms with Gasteiger partial charge in [0.1, 0.15) is 4.83 Å². The summed E-state index contributed by atoms with van der Waals surface area (Å²) in [7, 11) is 0. The van der Waals surface area contributed by atoms with E-state index in [9.17, 15) is 9.59 Å². The number of hydrogen-bond acceptors (Lipinski definition) is 5. The molecular weight excluding hydrogens is 390 g/mol. The fourth-order valence-electron chi connectivity index (χ4n) is 2.99. The second-order valence-electron chi connectivity index (χ2n) is 7.26. The van der Waals surface area contributed by atoms with Crippen LogP contribution in [0.1, 0.15) is 41.5 Å². The SMILES string of the molecule is Cc1ccc(NC(=O)CSc2nc3sc(C)c(C)c3c(=O)n2C(C)C)cc1C. The molecule has 0 unspecified atom stereocenters. The van der Waals surface area contributed by atoms with E-state index in [2.05, 4.69) is 5.32 Å². The quantitative estimate of drug-likeness (QED) is 0.470. The second kappa shape index (κ2) is 8.09. The number of thioether (sulfide) groups is 1. The smallest absolute Gasteiger partial charge is 0.263 e. The molecule has 0 saturated heterocycles. The van der Waals surface area contributed by atoms with Gasteiger partial charge >= 0.3 is 0 Å². The van der Waals surface area contributed by atoms with Crippen molar-refractivity contribution >= 4 is 44.9 Å². The number of nitrogens with zero attached hydrogens (tertiary/aromatic N) is 2. The van der Waals surface area contributed by atoms with Crippen LogP contribution in [0.4, 0.5) is 5.69 Å². The van der Waals surface area contributed by atoms with Crippen LogP contribution in [0.2, 0.25) is 0 Å². The molecule has 1 N–H and O–H groups in total. The molecule has 0 aliphatic carbocycles. The summed E-state index contributed by atoms with van der Waals surface area (Å²) in [5.41, 5.74) is 4.07. The molecule has 0 fully saturated rings. The van der Waals surface area contributed by atoms with Crippen LogP contribution < -0.4 is 10.9 Å². The van der Waals surface area contributed by atoms with E-state index >= 15 is 0 Å². The van der Waals surface area contributed by atoms with Crippen LogP contribution in [-0.4, -0.2) is 21.2 Å². The highest BCUT2D eigenvalue weighted by atomic mass is 32.2. The molecule has 2 heterocycles. The summed E-state index contributed by atoms with van der Waals surface area (Å²) in [5.74, 6) is 0.0810. The molecule has 3 rings (SSSR count). The molecule has 7 heteroatoms. The second-order valence-corrected chi connectivity index (χ2v) is 9.41. The van der Waals surface area contributed by atoms with Crippen molar-refractivity contribution in [2.75, 3.05) is 11.1 Å². The predicted octanol–water partition coefficient (Wildman–Crippen LogP) is 5.00. The number of amides is 1. The van der Waals surface area contributed by atoms with Gasteiger partial charge in [0.15, 0.2) is 5.16 Å². The number of fused-ring (bicyclic) bond motifs is 1. The van der Waals surface area contributed by atoms with Crippen LogP contribution >= 0.6 is 23.1 Å². The third-order valence-electron chi connectivity index (χ3n) is 4.84. The number of rotatable bonds is 5. The molecule has 0 bridgehead atoms. The number of anilines is 1. The normalized spacial score (nSPS) is 11.4. The Balaban J connectivity index is 1.85. The highest BCUT2D eigenvalue weighted by Gasteiger charge is 2.19. The summed E-state index contributed by atoms with van der Waals surface area (Å²) < 4.78 is 1.69. The number of carbonyl (C=O) groups excluding carboxylic acids is 1. The number of carbonyl (C=O) groups is 1. The first kappa shape index (κ1) is 20.6. The molecule has 28 heavy (non-hydrogen) atoms. The Kier molecular flexibility index (Phi) is 5.95. The van der Waals surface area contributed by atoms with Crippen molar-refractivity contribution in [1.29, 1.82) is 0 Å². The topological polar surface area (TPSA) is 64.0 Å². The van der Waals surface area contributed by atoms with Gasteiger partial charge in [-0.2, -0.15) is 0 Å². The van der Waals surface area contributed by atoms with E-state index in [0.29, 0.717) is 10.5 Å². The van der Waals surface area contributed by atoms with Gasteiger partial charge in [-0.15, -0.1) is 11.3 Å². The van der Waals surface area contributed by atoms with Crippen LogP contribution in [0.5, 0.6) is 0 Å². The van der Waals surface area contributed by atoms with Crippen LogP contribution in [0.15, 0.2) is 28.2 Å². The van der Waals surface area contributed by atoms with Crippen molar-refractivity contribution in [3.63, 3.8) is 0 Å². The molecule has 0 saturated carbocycles. The maximum atomic E-state index is 13.0. The van der Waals surface area contributed by atoms with Crippen LogP contribution in [0, 0.1) is 27.7 Å². The molecule has 1 amide bonds. The molecule has 0 spiro atoms. The van der Waals surface area contributed by atoms with Gasteiger partial charge in [0, 0.05) is 16.6 Å².